The van der Waals surface area contributed by atoms with Gasteiger partial charge >= 0.3 is 11.9 Å². The molecule has 0 aromatic carbocycles. The molecule has 5 heteroatoms. The number of carbonyl (C=O) groups excluding carboxylic acids is 2. The van der Waals surface area contributed by atoms with Gasteiger partial charge in [0.2, 0.25) is 0 Å². The summed E-state index contributed by atoms with van der Waals surface area (Å²) in [5, 5.41) is 9.72. The van der Waals surface area contributed by atoms with Crippen molar-refractivity contribution in [1.29, 1.82) is 0 Å². The first kappa shape index (κ1) is 83.8. The van der Waals surface area contributed by atoms with Gasteiger partial charge in [-0.2, -0.15) is 0 Å². The molecule has 0 rings (SSSR count). The van der Waals surface area contributed by atoms with Crippen molar-refractivity contribution in [1.82, 2.24) is 0 Å². The molecule has 0 aliphatic heterocycles. The highest BCUT2D eigenvalue weighted by Gasteiger charge is 2.16. The molecule has 5 nitrogen and oxygen atoms in total. The Hall–Kier alpha value is -4.22. The zero-order valence-corrected chi connectivity index (χ0v) is 57.7. The molecule has 0 bridgehead atoms. The van der Waals surface area contributed by atoms with Crippen LogP contribution in [0.5, 0.6) is 0 Å². The van der Waals surface area contributed by atoms with Crippen molar-refractivity contribution < 1.29 is 24.2 Å². The molecule has 0 aliphatic rings. The summed E-state index contributed by atoms with van der Waals surface area (Å²) in [5.74, 6) is -0.581. The van der Waals surface area contributed by atoms with E-state index in [2.05, 4.69) is 160 Å². The van der Waals surface area contributed by atoms with E-state index in [0.29, 0.717) is 12.8 Å². The first-order valence-corrected chi connectivity index (χ1v) is 37.4. The van der Waals surface area contributed by atoms with E-state index < -0.39 is 6.10 Å². The van der Waals surface area contributed by atoms with Crippen LogP contribution in [0.3, 0.4) is 0 Å². The van der Waals surface area contributed by atoms with Gasteiger partial charge in [-0.1, -0.05) is 365 Å². The molecule has 0 saturated heterocycles. The Morgan fingerprint density at radius 3 is 0.682 bits per heavy atom. The molecule has 0 spiro atoms. The van der Waals surface area contributed by atoms with Gasteiger partial charge in [0.1, 0.15) is 6.61 Å². The minimum atomic E-state index is -0.780. The molecule has 1 unspecified atom stereocenters. The van der Waals surface area contributed by atoms with Gasteiger partial charge < -0.3 is 14.6 Å². The van der Waals surface area contributed by atoms with Gasteiger partial charge in [0.25, 0.3) is 0 Å². The standard InChI is InChI=1S/C83H140O5/c1-3-5-7-9-11-13-15-17-19-21-23-25-27-29-31-33-35-37-39-41-43-45-47-49-51-53-55-57-59-61-63-65-67-69-71-73-75-77-82(85)87-80-81(79-84)88-83(86)78-76-74-72-70-68-66-64-62-60-58-56-54-52-50-48-46-44-42-40-38-36-34-32-30-28-26-24-22-20-18-16-14-12-10-8-6-4-2/h5-8,11-14,17-20,23-26,29-32,36,38,42,44,81,84H,3-4,9-10,15-16,21-22,27-28,33-35,37,39-41,43,45-80H2,1-2H3/b7-5-,8-6-,13-11-,14-12-,19-17-,20-18-,25-23-,26-24-,31-29-,32-30-,38-36-,44-42-. The third-order valence-corrected chi connectivity index (χ3v) is 16.1. The molecule has 88 heavy (non-hydrogen) atoms. The fourth-order valence-electron chi connectivity index (χ4n) is 10.6. The highest BCUT2D eigenvalue weighted by atomic mass is 16.6. The van der Waals surface area contributed by atoms with Crippen LogP contribution in [0.4, 0.5) is 0 Å². The lowest BCUT2D eigenvalue weighted by Crippen LogP contribution is -2.28. The van der Waals surface area contributed by atoms with Crippen LogP contribution in [0.2, 0.25) is 0 Å². The van der Waals surface area contributed by atoms with E-state index >= 15 is 0 Å². The Labute approximate surface area is 546 Å². The lowest BCUT2D eigenvalue weighted by atomic mass is 10.0. The molecule has 0 aromatic rings. The summed E-state index contributed by atoms with van der Waals surface area (Å²) in [6.45, 7) is 3.94. The molecule has 0 amide bonds. The number of hydrogen-bond donors (Lipinski definition) is 1. The van der Waals surface area contributed by atoms with Crippen molar-refractivity contribution >= 4 is 11.9 Å². The SMILES string of the molecule is CC/C=C\C/C=C\C/C=C\C/C=C\C/C=C\C/C=C\C/C=C\CCCCCCCCCCCCCCCCCC(=O)OC(CO)COC(=O)CCCCCCCCCCCCCCCCCCCCCCC/C=C\C/C=C\C/C=C\C/C=C\C/C=C\CC. The first-order chi connectivity index (χ1) is 43.6. The number of ether oxygens (including phenoxy) is 2. The van der Waals surface area contributed by atoms with Crippen molar-refractivity contribution in [3.63, 3.8) is 0 Å². The average Bonchev–Trinajstić information content (AvgIpc) is 3.55. The number of rotatable bonds is 68. The third-order valence-electron chi connectivity index (χ3n) is 16.1. The van der Waals surface area contributed by atoms with Crippen LogP contribution < -0.4 is 0 Å². The second kappa shape index (κ2) is 77.0. The maximum Gasteiger partial charge on any atom is 0.306 e. The van der Waals surface area contributed by atoms with Gasteiger partial charge in [-0.3, -0.25) is 9.59 Å². The maximum absolute atomic E-state index is 12.4. The van der Waals surface area contributed by atoms with Crippen molar-refractivity contribution in [2.24, 2.45) is 0 Å². The van der Waals surface area contributed by atoms with Crippen molar-refractivity contribution in [3.05, 3.63) is 146 Å². The Morgan fingerprint density at radius 2 is 0.455 bits per heavy atom. The highest BCUT2D eigenvalue weighted by molar-refractivity contribution is 5.70. The van der Waals surface area contributed by atoms with Gasteiger partial charge in [0.05, 0.1) is 6.61 Å². The summed E-state index contributed by atoms with van der Waals surface area (Å²) in [5.41, 5.74) is 0. The molecule has 0 saturated carbocycles. The molecule has 1 atom stereocenters. The maximum atomic E-state index is 12.4. The van der Waals surface area contributed by atoms with E-state index in [4.69, 9.17) is 9.47 Å². The van der Waals surface area contributed by atoms with Crippen LogP contribution in [0.1, 0.15) is 348 Å². The summed E-state index contributed by atoms with van der Waals surface area (Å²) in [7, 11) is 0. The number of hydrogen-bond acceptors (Lipinski definition) is 5. The summed E-state index contributed by atoms with van der Waals surface area (Å²) < 4.78 is 10.8. The van der Waals surface area contributed by atoms with Crippen LogP contribution in [-0.2, 0) is 19.1 Å². The van der Waals surface area contributed by atoms with E-state index in [9.17, 15) is 14.7 Å². The Morgan fingerprint density at radius 1 is 0.261 bits per heavy atom. The minimum absolute atomic E-state index is 0.0676. The Balaban J connectivity index is 3.46. The fraction of sp³-hybridized carbons (Fsp3) is 0.687. The lowest BCUT2D eigenvalue weighted by molar-refractivity contribution is -0.161. The van der Waals surface area contributed by atoms with Gasteiger partial charge in [-0.15, -0.1) is 0 Å². The van der Waals surface area contributed by atoms with Crippen LogP contribution in [0.15, 0.2) is 146 Å². The third kappa shape index (κ3) is 74.2. The fourth-order valence-corrected chi connectivity index (χ4v) is 10.6. The normalized spacial score (nSPS) is 13.1. The smallest absolute Gasteiger partial charge is 0.306 e. The summed E-state index contributed by atoms with van der Waals surface area (Å²) in [6, 6.07) is 0. The molecule has 1 N–H and O–H groups in total. The Kier molecular flexibility index (Phi) is 73.3. The molecule has 0 heterocycles. The topological polar surface area (TPSA) is 72.8 Å². The zero-order valence-electron chi connectivity index (χ0n) is 57.7. The van der Waals surface area contributed by atoms with Crippen molar-refractivity contribution in [2.45, 2.75) is 354 Å². The second-order valence-corrected chi connectivity index (χ2v) is 24.6. The summed E-state index contributed by atoms with van der Waals surface area (Å²) >= 11 is 0. The zero-order chi connectivity index (χ0) is 63.3. The van der Waals surface area contributed by atoms with Crippen LogP contribution in [0, 0.1) is 0 Å². The van der Waals surface area contributed by atoms with Gasteiger partial charge in [0.15, 0.2) is 6.10 Å². The predicted molar refractivity (Wildman–Crippen MR) is 389 cm³/mol. The van der Waals surface area contributed by atoms with Gasteiger partial charge in [-0.05, 0) is 116 Å². The molecule has 0 fully saturated rings. The molecule has 0 radical (unpaired) electrons. The van der Waals surface area contributed by atoms with E-state index in [1.165, 1.54) is 205 Å². The minimum Gasteiger partial charge on any atom is -0.462 e. The second-order valence-electron chi connectivity index (χ2n) is 24.6. The number of esters is 2. The van der Waals surface area contributed by atoms with E-state index in [0.717, 1.165) is 116 Å². The largest absolute Gasteiger partial charge is 0.462 e. The van der Waals surface area contributed by atoms with Crippen LogP contribution in [-0.4, -0.2) is 36.4 Å². The van der Waals surface area contributed by atoms with Crippen LogP contribution >= 0.6 is 0 Å². The Bertz CT molecular complexity index is 1810. The highest BCUT2D eigenvalue weighted by Crippen LogP contribution is 2.18. The summed E-state index contributed by atoms with van der Waals surface area (Å²) in [6.07, 6.45) is 116. The van der Waals surface area contributed by atoms with E-state index in [-0.39, 0.29) is 25.2 Å². The number of allylic oxidation sites excluding steroid dienone is 24. The number of aliphatic hydroxyl groups is 1. The average molecular weight is 1220 g/mol. The monoisotopic (exact) mass is 1220 g/mol. The van der Waals surface area contributed by atoms with Gasteiger partial charge in [-0.25, -0.2) is 0 Å². The van der Waals surface area contributed by atoms with Crippen molar-refractivity contribution in [3.8, 4) is 0 Å². The predicted octanol–water partition coefficient (Wildman–Crippen LogP) is 26.4. The molecule has 0 aromatic heterocycles. The molecular weight excluding hydrogens is 1080 g/mol. The van der Waals surface area contributed by atoms with Gasteiger partial charge in [0, 0.05) is 12.8 Å². The number of carbonyl (C=O) groups is 2. The van der Waals surface area contributed by atoms with E-state index in [1.54, 1.807) is 0 Å². The van der Waals surface area contributed by atoms with Crippen molar-refractivity contribution in [2.75, 3.05) is 13.2 Å². The first-order valence-electron chi connectivity index (χ1n) is 37.4. The molecular formula is C83H140O5. The summed E-state index contributed by atoms with van der Waals surface area (Å²) in [4.78, 5) is 24.7. The lowest BCUT2D eigenvalue weighted by Gasteiger charge is -2.15. The number of unbranched alkanes of at least 4 members (excludes halogenated alkanes) is 36. The quantitative estimate of drug-likeness (QED) is 0.0373. The van der Waals surface area contributed by atoms with E-state index in [1.807, 2.05) is 0 Å². The molecule has 0 aliphatic carbocycles. The molecule has 502 valence electrons. The number of aliphatic hydroxyl groups excluding tert-OH is 1. The van der Waals surface area contributed by atoms with Crippen LogP contribution in [0.25, 0.3) is 0 Å².